The van der Waals surface area contributed by atoms with Crippen molar-refractivity contribution in [1.29, 1.82) is 0 Å². The van der Waals surface area contributed by atoms with Gasteiger partial charge in [0.1, 0.15) is 0 Å². The third-order valence-corrected chi connectivity index (χ3v) is 8.37. The third kappa shape index (κ3) is 4.21. The van der Waals surface area contributed by atoms with Crippen molar-refractivity contribution < 1.29 is 17.9 Å². The lowest BCUT2D eigenvalue weighted by Gasteiger charge is -2.26. The minimum Gasteiger partial charge on any atom is -0.383 e. The van der Waals surface area contributed by atoms with E-state index in [2.05, 4.69) is 4.90 Å². The fourth-order valence-corrected chi connectivity index (χ4v) is 6.33. The Bertz CT molecular complexity index is 857. The maximum absolute atomic E-state index is 13.2. The molecule has 1 aromatic rings. The molecule has 7 nitrogen and oxygen atoms in total. The first-order chi connectivity index (χ1) is 14.0. The Hall–Kier alpha value is -1.48. The molecule has 3 aliphatic rings. The Morgan fingerprint density at radius 1 is 1.03 bits per heavy atom. The van der Waals surface area contributed by atoms with Crippen molar-refractivity contribution >= 4 is 15.9 Å². The van der Waals surface area contributed by atoms with Crippen LogP contribution in [-0.4, -0.2) is 87.5 Å². The van der Waals surface area contributed by atoms with E-state index in [-0.39, 0.29) is 11.9 Å². The number of likely N-dealkylation sites (tertiary alicyclic amines) is 1. The van der Waals surface area contributed by atoms with Gasteiger partial charge in [0.15, 0.2) is 0 Å². The van der Waals surface area contributed by atoms with E-state index in [4.69, 9.17) is 4.74 Å². The van der Waals surface area contributed by atoms with Crippen molar-refractivity contribution in [3.05, 3.63) is 29.3 Å². The van der Waals surface area contributed by atoms with Crippen molar-refractivity contribution in [3.8, 4) is 0 Å². The largest absolute Gasteiger partial charge is 0.383 e. The third-order valence-electron chi connectivity index (χ3n) is 6.47. The van der Waals surface area contributed by atoms with E-state index in [9.17, 15) is 13.2 Å². The standard InChI is InChI=1S/C21H31N3O4S/c1-28-15-14-23-11-8-20(21(23)25)22-9-3-10-24(13-12-22)29(26,27)19-7-6-17-4-2-5-18(17)16-19/h6-7,16,20H,2-5,8-15H2,1H3/t20-/m0/s1. The summed E-state index contributed by atoms with van der Waals surface area (Å²) in [7, 11) is -1.85. The molecule has 160 valence electrons. The Labute approximate surface area is 173 Å². The van der Waals surface area contributed by atoms with Gasteiger partial charge >= 0.3 is 0 Å². The van der Waals surface area contributed by atoms with Crippen molar-refractivity contribution in [2.24, 2.45) is 0 Å². The highest BCUT2D eigenvalue weighted by atomic mass is 32.2. The second-order valence-corrected chi connectivity index (χ2v) is 10.1. The van der Waals surface area contributed by atoms with Crippen LogP contribution in [0, 0.1) is 0 Å². The minimum atomic E-state index is -3.50. The number of carbonyl (C=O) groups is 1. The van der Waals surface area contributed by atoms with Gasteiger partial charge in [0.2, 0.25) is 15.9 Å². The predicted octanol–water partition coefficient (Wildman–Crippen LogP) is 1.12. The van der Waals surface area contributed by atoms with E-state index >= 15 is 0 Å². The summed E-state index contributed by atoms with van der Waals surface area (Å²) in [6, 6.07) is 5.48. The Balaban J connectivity index is 1.42. The lowest BCUT2D eigenvalue weighted by Crippen LogP contribution is -2.44. The first-order valence-corrected chi connectivity index (χ1v) is 12.1. The molecule has 0 radical (unpaired) electrons. The molecule has 1 atom stereocenters. The van der Waals surface area contributed by atoms with Gasteiger partial charge in [-0.3, -0.25) is 9.69 Å². The Kier molecular flexibility index (Phi) is 6.24. The molecule has 2 fully saturated rings. The zero-order valence-corrected chi connectivity index (χ0v) is 18.0. The number of fused-ring (bicyclic) bond motifs is 1. The number of hydrogen-bond acceptors (Lipinski definition) is 5. The number of carbonyl (C=O) groups excluding carboxylic acids is 1. The average molecular weight is 422 g/mol. The van der Waals surface area contributed by atoms with Crippen LogP contribution in [0.15, 0.2) is 23.1 Å². The van der Waals surface area contributed by atoms with Crippen molar-refractivity contribution in [1.82, 2.24) is 14.1 Å². The molecule has 2 heterocycles. The second-order valence-electron chi connectivity index (χ2n) is 8.20. The highest BCUT2D eigenvalue weighted by molar-refractivity contribution is 7.89. The van der Waals surface area contributed by atoms with Crippen LogP contribution in [0.2, 0.25) is 0 Å². The lowest BCUT2D eigenvalue weighted by molar-refractivity contribution is -0.132. The molecular weight excluding hydrogens is 390 g/mol. The number of aryl methyl sites for hydroxylation is 2. The van der Waals surface area contributed by atoms with Crippen LogP contribution in [-0.2, 0) is 32.4 Å². The quantitative estimate of drug-likeness (QED) is 0.689. The van der Waals surface area contributed by atoms with E-state index in [1.54, 1.807) is 17.5 Å². The van der Waals surface area contributed by atoms with Crippen molar-refractivity contribution in [2.45, 2.75) is 43.0 Å². The Morgan fingerprint density at radius 2 is 1.86 bits per heavy atom. The van der Waals surface area contributed by atoms with E-state index in [0.717, 1.165) is 45.2 Å². The molecule has 1 aromatic carbocycles. The smallest absolute Gasteiger partial charge is 0.243 e. The molecule has 29 heavy (non-hydrogen) atoms. The number of sulfonamides is 1. The van der Waals surface area contributed by atoms with Gasteiger partial charge < -0.3 is 9.64 Å². The van der Waals surface area contributed by atoms with Crippen LogP contribution < -0.4 is 0 Å². The summed E-state index contributed by atoms with van der Waals surface area (Å²) in [6.07, 6.45) is 4.67. The van der Waals surface area contributed by atoms with E-state index < -0.39 is 10.0 Å². The van der Waals surface area contributed by atoms with Gasteiger partial charge in [-0.2, -0.15) is 4.31 Å². The second kappa shape index (κ2) is 8.71. The monoisotopic (exact) mass is 421 g/mol. The summed E-state index contributed by atoms with van der Waals surface area (Å²) in [6.45, 7) is 4.21. The zero-order valence-electron chi connectivity index (χ0n) is 17.2. The molecule has 1 amide bonds. The normalized spacial score (nSPS) is 24.1. The number of ether oxygens (including phenoxy) is 1. The van der Waals surface area contributed by atoms with Gasteiger partial charge in [0.05, 0.1) is 17.5 Å². The van der Waals surface area contributed by atoms with Crippen LogP contribution in [0.3, 0.4) is 0 Å². The maximum Gasteiger partial charge on any atom is 0.243 e. The summed E-state index contributed by atoms with van der Waals surface area (Å²) < 4.78 is 33.1. The maximum atomic E-state index is 13.2. The molecule has 1 aliphatic carbocycles. The molecule has 0 N–H and O–H groups in total. The van der Waals surface area contributed by atoms with Crippen LogP contribution in [0.4, 0.5) is 0 Å². The van der Waals surface area contributed by atoms with Gasteiger partial charge in [-0.15, -0.1) is 0 Å². The number of rotatable bonds is 6. The first kappa shape index (κ1) is 20.8. The van der Waals surface area contributed by atoms with Gasteiger partial charge in [-0.05, 0) is 55.4 Å². The van der Waals surface area contributed by atoms with Gasteiger partial charge in [-0.1, -0.05) is 6.07 Å². The molecule has 0 bridgehead atoms. The fraction of sp³-hybridized carbons (Fsp3) is 0.667. The molecular formula is C21H31N3O4S. The summed E-state index contributed by atoms with van der Waals surface area (Å²) in [5, 5.41) is 0. The lowest BCUT2D eigenvalue weighted by atomic mass is 10.1. The summed E-state index contributed by atoms with van der Waals surface area (Å²) in [5.74, 6) is 0.150. The van der Waals surface area contributed by atoms with Crippen molar-refractivity contribution in [3.63, 3.8) is 0 Å². The van der Waals surface area contributed by atoms with Crippen LogP contribution in [0.25, 0.3) is 0 Å². The fourth-order valence-electron chi connectivity index (χ4n) is 4.81. The van der Waals surface area contributed by atoms with Crippen molar-refractivity contribution in [2.75, 3.05) is 53.0 Å². The van der Waals surface area contributed by atoms with Crippen LogP contribution in [0.5, 0.6) is 0 Å². The Morgan fingerprint density at radius 3 is 2.69 bits per heavy atom. The van der Waals surface area contributed by atoms with E-state index in [0.29, 0.717) is 37.7 Å². The molecule has 8 heteroatoms. The average Bonchev–Trinajstić information content (AvgIpc) is 3.24. The molecule has 0 unspecified atom stereocenters. The van der Waals surface area contributed by atoms with Gasteiger partial charge in [0.25, 0.3) is 0 Å². The zero-order chi connectivity index (χ0) is 20.4. The SMILES string of the molecule is COCCN1CC[C@H](N2CCCN(S(=O)(=O)c3ccc4c(c3)CCC4)CC2)C1=O. The molecule has 0 saturated carbocycles. The number of benzene rings is 1. The highest BCUT2D eigenvalue weighted by Gasteiger charge is 2.37. The number of hydrogen-bond donors (Lipinski definition) is 0. The summed E-state index contributed by atoms with van der Waals surface area (Å²) in [4.78, 5) is 17.2. The summed E-state index contributed by atoms with van der Waals surface area (Å²) >= 11 is 0. The minimum absolute atomic E-state index is 0.130. The molecule has 0 aromatic heterocycles. The molecule has 4 rings (SSSR count). The van der Waals surface area contributed by atoms with Gasteiger partial charge in [0, 0.05) is 46.4 Å². The first-order valence-electron chi connectivity index (χ1n) is 10.6. The molecule has 2 saturated heterocycles. The number of nitrogens with zero attached hydrogens (tertiary/aromatic N) is 3. The van der Waals surface area contributed by atoms with Gasteiger partial charge in [-0.25, -0.2) is 8.42 Å². The van der Waals surface area contributed by atoms with E-state index in [1.807, 2.05) is 17.0 Å². The van der Waals surface area contributed by atoms with E-state index in [1.165, 1.54) is 11.1 Å². The topological polar surface area (TPSA) is 70.2 Å². The number of amides is 1. The molecule has 2 aliphatic heterocycles. The highest BCUT2D eigenvalue weighted by Crippen LogP contribution is 2.27. The van der Waals surface area contributed by atoms with Crippen LogP contribution in [0.1, 0.15) is 30.4 Å². The van der Waals surface area contributed by atoms with Crippen LogP contribution >= 0.6 is 0 Å². The number of methoxy groups -OCH3 is 1. The molecule has 0 spiro atoms. The predicted molar refractivity (Wildman–Crippen MR) is 110 cm³/mol. The summed E-state index contributed by atoms with van der Waals surface area (Å²) in [5.41, 5.74) is 2.46.